The molecule has 0 aromatic heterocycles. The number of nitrogens with one attached hydrogen (secondary N) is 1. The van der Waals surface area contributed by atoms with Gasteiger partial charge >= 0.3 is 0 Å². The lowest BCUT2D eigenvalue weighted by molar-refractivity contribution is -0.0762. The SMILES string of the molecule is CONN(C(=O)c1ccccc1Cl)C(C)(C)C. The van der Waals surface area contributed by atoms with E-state index in [-0.39, 0.29) is 5.91 Å². The average molecular weight is 257 g/mol. The molecule has 0 fully saturated rings. The molecular weight excluding hydrogens is 240 g/mol. The Hall–Kier alpha value is -1.10. The van der Waals surface area contributed by atoms with Crippen molar-refractivity contribution < 1.29 is 9.63 Å². The molecule has 0 aliphatic heterocycles. The van der Waals surface area contributed by atoms with Crippen LogP contribution in [0.4, 0.5) is 0 Å². The molecule has 1 amide bonds. The lowest BCUT2D eigenvalue weighted by Crippen LogP contribution is -2.53. The fourth-order valence-electron chi connectivity index (χ4n) is 1.33. The van der Waals surface area contributed by atoms with Crippen molar-refractivity contribution in [3.05, 3.63) is 34.9 Å². The molecule has 0 radical (unpaired) electrons. The van der Waals surface area contributed by atoms with Crippen molar-refractivity contribution in [3.63, 3.8) is 0 Å². The summed E-state index contributed by atoms with van der Waals surface area (Å²) in [5.74, 6) is -0.232. The van der Waals surface area contributed by atoms with Gasteiger partial charge in [0, 0.05) is 0 Å². The van der Waals surface area contributed by atoms with Crippen LogP contribution in [-0.4, -0.2) is 23.6 Å². The van der Waals surface area contributed by atoms with Crippen molar-refractivity contribution in [2.75, 3.05) is 7.11 Å². The number of hydrazine groups is 1. The summed E-state index contributed by atoms with van der Waals surface area (Å²) in [6.45, 7) is 5.69. The number of carbonyl (C=O) groups excluding carboxylic acids is 1. The van der Waals surface area contributed by atoms with E-state index in [0.29, 0.717) is 10.6 Å². The molecule has 1 N–H and O–H groups in total. The molecule has 0 aliphatic rings. The Labute approximate surface area is 106 Å². The van der Waals surface area contributed by atoms with Gasteiger partial charge in [-0.15, -0.1) is 5.59 Å². The highest BCUT2D eigenvalue weighted by atomic mass is 35.5. The standard InChI is InChI=1S/C12H17ClN2O2/c1-12(2,3)15(14-17-4)11(16)9-7-5-6-8-10(9)13/h5-8,14H,1-4H3. The third kappa shape index (κ3) is 3.43. The Balaban J connectivity index is 3.05. The molecule has 0 heterocycles. The molecule has 94 valence electrons. The van der Waals surface area contributed by atoms with Gasteiger partial charge in [0.05, 0.1) is 23.2 Å². The molecule has 0 atom stereocenters. The van der Waals surface area contributed by atoms with Gasteiger partial charge in [-0.1, -0.05) is 23.7 Å². The molecule has 17 heavy (non-hydrogen) atoms. The first-order valence-corrected chi connectivity index (χ1v) is 5.63. The summed E-state index contributed by atoms with van der Waals surface area (Å²) in [4.78, 5) is 17.1. The number of hydrogen-bond acceptors (Lipinski definition) is 3. The molecule has 4 nitrogen and oxygen atoms in total. The van der Waals surface area contributed by atoms with E-state index in [9.17, 15) is 4.79 Å². The third-order valence-electron chi connectivity index (χ3n) is 2.16. The normalized spacial score (nSPS) is 11.4. The predicted molar refractivity (Wildman–Crippen MR) is 67.5 cm³/mol. The van der Waals surface area contributed by atoms with E-state index < -0.39 is 5.54 Å². The van der Waals surface area contributed by atoms with Crippen LogP contribution < -0.4 is 5.59 Å². The second-order valence-electron chi connectivity index (χ2n) is 4.59. The summed E-state index contributed by atoms with van der Waals surface area (Å²) in [6, 6.07) is 6.92. The van der Waals surface area contributed by atoms with Crippen molar-refractivity contribution in [3.8, 4) is 0 Å². The highest BCUT2D eigenvalue weighted by molar-refractivity contribution is 6.33. The van der Waals surface area contributed by atoms with Crippen LogP contribution >= 0.6 is 11.6 Å². The minimum Gasteiger partial charge on any atom is -0.285 e. The smallest absolute Gasteiger partial charge is 0.271 e. The van der Waals surface area contributed by atoms with E-state index in [1.807, 2.05) is 20.8 Å². The van der Waals surface area contributed by atoms with Gasteiger partial charge in [0.2, 0.25) is 0 Å². The van der Waals surface area contributed by atoms with Crippen LogP contribution in [0.15, 0.2) is 24.3 Å². The van der Waals surface area contributed by atoms with Gasteiger partial charge in [-0.05, 0) is 32.9 Å². The second-order valence-corrected chi connectivity index (χ2v) is 4.99. The van der Waals surface area contributed by atoms with Gasteiger partial charge in [0.15, 0.2) is 0 Å². The lowest BCUT2D eigenvalue weighted by Gasteiger charge is -2.34. The van der Waals surface area contributed by atoms with Crippen LogP contribution in [0.25, 0.3) is 0 Å². The van der Waals surface area contributed by atoms with Crippen molar-refractivity contribution in [2.45, 2.75) is 26.3 Å². The van der Waals surface area contributed by atoms with Crippen LogP contribution in [0.2, 0.25) is 5.02 Å². The Morgan fingerprint density at radius 3 is 2.41 bits per heavy atom. The molecule has 0 bridgehead atoms. The summed E-state index contributed by atoms with van der Waals surface area (Å²) in [7, 11) is 1.46. The molecule has 0 aliphatic carbocycles. The van der Waals surface area contributed by atoms with Gasteiger partial charge < -0.3 is 0 Å². The number of nitrogens with zero attached hydrogens (tertiary/aromatic N) is 1. The number of rotatable bonds is 3. The van der Waals surface area contributed by atoms with E-state index in [2.05, 4.69) is 5.59 Å². The summed E-state index contributed by atoms with van der Waals surface area (Å²) in [5, 5.41) is 1.82. The topological polar surface area (TPSA) is 41.6 Å². The largest absolute Gasteiger partial charge is 0.285 e. The zero-order valence-corrected chi connectivity index (χ0v) is 11.2. The molecule has 1 aromatic rings. The summed E-state index contributed by atoms with van der Waals surface area (Å²) < 4.78 is 0. The van der Waals surface area contributed by atoms with Gasteiger partial charge in [-0.3, -0.25) is 9.63 Å². The Bertz CT molecular complexity index is 402. The van der Waals surface area contributed by atoms with E-state index in [1.165, 1.54) is 12.1 Å². The monoisotopic (exact) mass is 256 g/mol. The van der Waals surface area contributed by atoms with Crippen molar-refractivity contribution in [1.82, 2.24) is 10.6 Å². The maximum Gasteiger partial charge on any atom is 0.271 e. The first-order valence-electron chi connectivity index (χ1n) is 5.25. The molecule has 1 aromatic carbocycles. The lowest BCUT2D eigenvalue weighted by atomic mass is 10.1. The number of hydrogen-bond donors (Lipinski definition) is 1. The zero-order valence-electron chi connectivity index (χ0n) is 10.5. The minimum absolute atomic E-state index is 0.232. The van der Waals surface area contributed by atoms with Crippen LogP contribution in [0.5, 0.6) is 0 Å². The number of amides is 1. The number of halogens is 1. The first kappa shape index (κ1) is 14.0. The fraction of sp³-hybridized carbons (Fsp3) is 0.417. The van der Waals surface area contributed by atoms with E-state index in [0.717, 1.165) is 0 Å². The van der Waals surface area contributed by atoms with Gasteiger partial charge in [0.1, 0.15) is 0 Å². The molecular formula is C12H17ClN2O2. The minimum atomic E-state index is -0.424. The van der Waals surface area contributed by atoms with E-state index in [4.69, 9.17) is 16.4 Å². The van der Waals surface area contributed by atoms with Crippen molar-refractivity contribution in [2.24, 2.45) is 0 Å². The highest BCUT2D eigenvalue weighted by Gasteiger charge is 2.28. The first-order chi connectivity index (χ1) is 7.88. The highest BCUT2D eigenvalue weighted by Crippen LogP contribution is 2.20. The Morgan fingerprint density at radius 2 is 1.94 bits per heavy atom. The summed E-state index contributed by atoms with van der Waals surface area (Å²) in [5.41, 5.74) is 2.59. The van der Waals surface area contributed by atoms with Crippen LogP contribution in [0.1, 0.15) is 31.1 Å². The molecule has 1 rings (SSSR count). The molecule has 0 saturated heterocycles. The second kappa shape index (κ2) is 5.49. The molecule has 0 spiro atoms. The molecule has 0 unspecified atom stereocenters. The Kier molecular flexibility index (Phi) is 4.51. The van der Waals surface area contributed by atoms with Gasteiger partial charge in [0.25, 0.3) is 5.91 Å². The quantitative estimate of drug-likeness (QED) is 0.846. The maximum absolute atomic E-state index is 12.3. The fourth-order valence-corrected chi connectivity index (χ4v) is 1.55. The zero-order chi connectivity index (χ0) is 13.1. The maximum atomic E-state index is 12.3. The summed E-state index contributed by atoms with van der Waals surface area (Å²) in [6.07, 6.45) is 0. The van der Waals surface area contributed by atoms with Crippen LogP contribution in [-0.2, 0) is 4.84 Å². The van der Waals surface area contributed by atoms with Crippen molar-refractivity contribution >= 4 is 17.5 Å². The number of carbonyl (C=O) groups is 1. The molecule has 5 heteroatoms. The third-order valence-corrected chi connectivity index (χ3v) is 2.49. The summed E-state index contributed by atoms with van der Waals surface area (Å²) >= 11 is 6.00. The van der Waals surface area contributed by atoms with Crippen LogP contribution in [0.3, 0.4) is 0 Å². The van der Waals surface area contributed by atoms with Gasteiger partial charge in [-0.25, -0.2) is 5.01 Å². The predicted octanol–water partition coefficient (Wildman–Crippen LogP) is 2.65. The van der Waals surface area contributed by atoms with E-state index in [1.54, 1.807) is 24.3 Å². The van der Waals surface area contributed by atoms with Crippen molar-refractivity contribution in [1.29, 1.82) is 0 Å². The Morgan fingerprint density at radius 1 is 1.35 bits per heavy atom. The van der Waals surface area contributed by atoms with E-state index >= 15 is 0 Å². The average Bonchev–Trinajstić information content (AvgIpc) is 2.24. The van der Waals surface area contributed by atoms with Gasteiger partial charge in [-0.2, -0.15) is 0 Å². The van der Waals surface area contributed by atoms with Crippen LogP contribution in [0, 0.1) is 0 Å². The number of benzene rings is 1. The molecule has 0 saturated carbocycles.